The van der Waals surface area contributed by atoms with Gasteiger partial charge in [0.05, 0.1) is 10.5 Å². The molecule has 1 aromatic carbocycles. The Bertz CT molecular complexity index is 612. The van der Waals surface area contributed by atoms with Gasteiger partial charge in [-0.2, -0.15) is 0 Å². The van der Waals surface area contributed by atoms with Crippen molar-refractivity contribution in [1.29, 1.82) is 0 Å². The maximum atomic E-state index is 12.2. The Labute approximate surface area is 126 Å². The predicted molar refractivity (Wildman–Crippen MR) is 77.2 cm³/mol. The minimum Gasteiger partial charge on any atom is -0.478 e. The lowest BCUT2D eigenvalue weighted by Crippen LogP contribution is -2.36. The SMILES string of the molecule is CC(C)(CO)CNS(=O)(=O)c1cc(C(=O)O)ccc1Br. The van der Waals surface area contributed by atoms with E-state index in [0.29, 0.717) is 0 Å². The minimum absolute atomic E-state index is 0.0373. The van der Waals surface area contributed by atoms with Gasteiger partial charge in [-0.05, 0) is 34.1 Å². The lowest BCUT2D eigenvalue weighted by Gasteiger charge is -2.22. The average Bonchev–Trinajstić information content (AvgIpc) is 2.37. The lowest BCUT2D eigenvalue weighted by atomic mass is 9.96. The highest BCUT2D eigenvalue weighted by Gasteiger charge is 2.24. The molecule has 6 nitrogen and oxygen atoms in total. The highest BCUT2D eigenvalue weighted by Crippen LogP contribution is 2.24. The number of aliphatic hydroxyl groups is 1. The van der Waals surface area contributed by atoms with Crippen molar-refractivity contribution >= 4 is 31.9 Å². The molecular formula is C12H16BrNO5S. The Kier molecular flexibility index (Phi) is 5.31. The van der Waals surface area contributed by atoms with Gasteiger partial charge in [0.25, 0.3) is 0 Å². The van der Waals surface area contributed by atoms with Crippen LogP contribution in [0.25, 0.3) is 0 Å². The molecule has 1 aromatic rings. The molecule has 20 heavy (non-hydrogen) atoms. The summed E-state index contributed by atoms with van der Waals surface area (Å²) in [6.45, 7) is 3.28. The first-order chi connectivity index (χ1) is 9.09. The zero-order valence-corrected chi connectivity index (χ0v) is 13.5. The van der Waals surface area contributed by atoms with E-state index in [0.717, 1.165) is 6.07 Å². The maximum absolute atomic E-state index is 12.2. The van der Waals surface area contributed by atoms with Gasteiger partial charge < -0.3 is 10.2 Å². The topological polar surface area (TPSA) is 104 Å². The van der Waals surface area contributed by atoms with Crippen molar-refractivity contribution < 1.29 is 23.4 Å². The van der Waals surface area contributed by atoms with Gasteiger partial charge in [0, 0.05) is 23.0 Å². The first kappa shape index (κ1) is 17.1. The van der Waals surface area contributed by atoms with E-state index < -0.39 is 21.4 Å². The molecule has 0 fully saturated rings. The van der Waals surface area contributed by atoms with Crippen molar-refractivity contribution in [2.45, 2.75) is 18.7 Å². The number of hydrogen-bond donors (Lipinski definition) is 3. The monoisotopic (exact) mass is 365 g/mol. The molecule has 1 rings (SSSR count). The summed E-state index contributed by atoms with van der Waals surface area (Å²) in [6.07, 6.45) is 0. The second-order valence-electron chi connectivity index (χ2n) is 5.10. The summed E-state index contributed by atoms with van der Waals surface area (Å²) in [6, 6.07) is 3.76. The van der Waals surface area contributed by atoms with Gasteiger partial charge in [-0.15, -0.1) is 0 Å². The van der Waals surface area contributed by atoms with E-state index in [1.54, 1.807) is 13.8 Å². The number of sulfonamides is 1. The van der Waals surface area contributed by atoms with E-state index in [2.05, 4.69) is 20.7 Å². The van der Waals surface area contributed by atoms with Crippen molar-refractivity contribution in [3.05, 3.63) is 28.2 Å². The van der Waals surface area contributed by atoms with Gasteiger partial charge in [-0.1, -0.05) is 13.8 Å². The Morgan fingerprint density at radius 2 is 2.00 bits per heavy atom. The molecule has 0 aliphatic rings. The standard InChI is InChI=1S/C12H16BrNO5S/c1-12(2,7-15)6-14-20(18,19)10-5-8(11(16)17)3-4-9(10)13/h3-5,14-15H,6-7H2,1-2H3,(H,16,17). The van der Waals surface area contributed by atoms with Gasteiger partial charge in [-0.3, -0.25) is 0 Å². The summed E-state index contributed by atoms with van der Waals surface area (Å²) in [7, 11) is -3.86. The Morgan fingerprint density at radius 3 is 2.50 bits per heavy atom. The van der Waals surface area contributed by atoms with Crippen LogP contribution in [0.3, 0.4) is 0 Å². The van der Waals surface area contributed by atoms with Crippen LogP contribution in [0.2, 0.25) is 0 Å². The number of nitrogens with one attached hydrogen (secondary N) is 1. The Balaban J connectivity index is 3.09. The van der Waals surface area contributed by atoms with Crippen LogP contribution in [-0.4, -0.2) is 37.8 Å². The number of carbonyl (C=O) groups is 1. The molecule has 0 atom stereocenters. The number of aromatic carboxylic acids is 1. The number of rotatable bonds is 6. The van der Waals surface area contributed by atoms with E-state index in [1.807, 2.05) is 0 Å². The largest absolute Gasteiger partial charge is 0.478 e. The van der Waals surface area contributed by atoms with Crippen molar-refractivity contribution in [2.24, 2.45) is 5.41 Å². The molecule has 0 spiro atoms. The fourth-order valence-corrected chi connectivity index (χ4v) is 3.50. The first-order valence-corrected chi connectivity index (χ1v) is 8.00. The average molecular weight is 366 g/mol. The Hall–Kier alpha value is -0.960. The molecule has 8 heteroatoms. The maximum Gasteiger partial charge on any atom is 0.335 e. The summed E-state index contributed by atoms with van der Waals surface area (Å²) in [5, 5.41) is 18.0. The van der Waals surface area contributed by atoms with Crippen LogP contribution < -0.4 is 4.72 Å². The fourth-order valence-electron chi connectivity index (χ4n) is 1.27. The minimum atomic E-state index is -3.86. The van der Waals surface area contributed by atoms with Crippen LogP contribution >= 0.6 is 15.9 Å². The van der Waals surface area contributed by atoms with Crippen molar-refractivity contribution in [3.63, 3.8) is 0 Å². The quantitative estimate of drug-likeness (QED) is 0.707. The molecule has 0 radical (unpaired) electrons. The van der Waals surface area contributed by atoms with Crippen LogP contribution in [0.5, 0.6) is 0 Å². The molecule has 0 saturated heterocycles. The van der Waals surface area contributed by atoms with E-state index in [9.17, 15) is 13.2 Å². The van der Waals surface area contributed by atoms with E-state index in [4.69, 9.17) is 10.2 Å². The summed E-state index contributed by atoms with van der Waals surface area (Å²) in [5.41, 5.74) is -0.723. The number of halogens is 1. The number of carboxylic acids is 1. The number of aliphatic hydroxyl groups excluding tert-OH is 1. The van der Waals surface area contributed by atoms with Gasteiger partial charge in [-0.25, -0.2) is 17.9 Å². The van der Waals surface area contributed by atoms with Crippen LogP contribution in [0, 0.1) is 5.41 Å². The second kappa shape index (κ2) is 6.21. The zero-order valence-electron chi connectivity index (χ0n) is 11.1. The van der Waals surface area contributed by atoms with Gasteiger partial charge >= 0.3 is 5.97 Å². The summed E-state index contributed by atoms with van der Waals surface area (Å²) in [5.74, 6) is -1.20. The number of carboxylic acid groups (broad SMARTS) is 1. The van der Waals surface area contributed by atoms with Gasteiger partial charge in [0.2, 0.25) is 10.0 Å². The van der Waals surface area contributed by atoms with Crippen molar-refractivity contribution in [3.8, 4) is 0 Å². The highest BCUT2D eigenvalue weighted by molar-refractivity contribution is 9.10. The normalized spacial score (nSPS) is 12.4. The van der Waals surface area contributed by atoms with Crippen molar-refractivity contribution in [1.82, 2.24) is 4.72 Å². The van der Waals surface area contributed by atoms with Crippen LogP contribution in [0.1, 0.15) is 24.2 Å². The fraction of sp³-hybridized carbons (Fsp3) is 0.417. The molecule has 0 saturated carbocycles. The third-order valence-corrected chi connectivity index (χ3v) is 5.03. The van der Waals surface area contributed by atoms with E-state index in [-0.39, 0.29) is 28.1 Å². The molecule has 112 valence electrons. The molecule has 0 aliphatic carbocycles. The molecule has 0 aromatic heterocycles. The summed E-state index contributed by atoms with van der Waals surface area (Å²) < 4.78 is 27.0. The molecule has 0 unspecified atom stereocenters. The van der Waals surface area contributed by atoms with Gasteiger partial charge in [0.1, 0.15) is 0 Å². The van der Waals surface area contributed by atoms with E-state index in [1.165, 1.54) is 12.1 Å². The van der Waals surface area contributed by atoms with Crippen molar-refractivity contribution in [2.75, 3.05) is 13.2 Å². The summed E-state index contributed by atoms with van der Waals surface area (Å²) in [4.78, 5) is 10.7. The van der Waals surface area contributed by atoms with E-state index >= 15 is 0 Å². The number of hydrogen-bond acceptors (Lipinski definition) is 4. The van der Waals surface area contributed by atoms with Gasteiger partial charge in [0.15, 0.2) is 0 Å². The molecule has 3 N–H and O–H groups in total. The first-order valence-electron chi connectivity index (χ1n) is 5.72. The smallest absolute Gasteiger partial charge is 0.335 e. The molecule has 0 aliphatic heterocycles. The lowest BCUT2D eigenvalue weighted by molar-refractivity contribution is 0.0696. The molecule has 0 amide bonds. The number of benzene rings is 1. The molecule has 0 bridgehead atoms. The van der Waals surface area contributed by atoms with Crippen LogP contribution in [-0.2, 0) is 10.0 Å². The zero-order chi connectivity index (χ0) is 15.6. The third kappa shape index (κ3) is 4.27. The highest BCUT2D eigenvalue weighted by atomic mass is 79.9. The summed E-state index contributed by atoms with van der Waals surface area (Å²) >= 11 is 3.09. The molecular weight excluding hydrogens is 350 g/mol. The molecule has 0 heterocycles. The second-order valence-corrected chi connectivity index (χ2v) is 7.69. The third-order valence-electron chi connectivity index (χ3n) is 2.64. The Morgan fingerprint density at radius 1 is 1.40 bits per heavy atom. The van der Waals surface area contributed by atoms with Crippen LogP contribution in [0.15, 0.2) is 27.6 Å². The van der Waals surface area contributed by atoms with Crippen LogP contribution in [0.4, 0.5) is 0 Å². The predicted octanol–water partition coefficient (Wildman–Crippen LogP) is 1.44.